The Labute approximate surface area is 217 Å². The minimum Gasteiger partial charge on any atom is -0.459 e. The second kappa shape index (κ2) is 10.5. The fraction of sp³-hybridized carbons (Fsp3) is 0.240. The van der Waals surface area contributed by atoms with Gasteiger partial charge in [0.15, 0.2) is 16.7 Å². The van der Waals surface area contributed by atoms with E-state index in [4.69, 9.17) is 16.0 Å². The highest BCUT2D eigenvalue weighted by Gasteiger charge is 2.27. The molecule has 184 valence electrons. The Balaban J connectivity index is 1.31. The molecule has 0 radical (unpaired) electrons. The van der Waals surface area contributed by atoms with E-state index in [1.165, 1.54) is 18.0 Å². The molecule has 1 aliphatic rings. The maximum absolute atomic E-state index is 13.0. The van der Waals surface area contributed by atoms with Crippen molar-refractivity contribution in [2.24, 2.45) is 0 Å². The van der Waals surface area contributed by atoms with E-state index in [1.54, 1.807) is 34.3 Å². The van der Waals surface area contributed by atoms with Gasteiger partial charge in [0, 0.05) is 49.2 Å². The molecule has 0 unspecified atom stereocenters. The van der Waals surface area contributed by atoms with Crippen molar-refractivity contribution in [1.82, 2.24) is 29.5 Å². The first-order valence-corrected chi connectivity index (χ1v) is 12.7. The average Bonchev–Trinajstić information content (AvgIpc) is 3.60. The number of carbonyl (C=O) groups excluding carboxylic acids is 2. The van der Waals surface area contributed by atoms with Crippen molar-refractivity contribution in [3.05, 3.63) is 77.5 Å². The molecule has 11 heteroatoms. The van der Waals surface area contributed by atoms with E-state index in [9.17, 15) is 9.59 Å². The summed E-state index contributed by atoms with van der Waals surface area (Å²) in [7, 11) is 0. The van der Waals surface area contributed by atoms with E-state index in [2.05, 4.69) is 15.2 Å². The number of carbonyl (C=O) groups is 2. The second-order valence-corrected chi connectivity index (χ2v) is 9.55. The van der Waals surface area contributed by atoms with E-state index >= 15 is 0 Å². The molecule has 9 nitrogen and oxygen atoms in total. The number of halogens is 1. The maximum Gasteiger partial charge on any atom is 0.289 e. The van der Waals surface area contributed by atoms with Gasteiger partial charge in [0.05, 0.1) is 17.7 Å². The van der Waals surface area contributed by atoms with Crippen LogP contribution in [0.3, 0.4) is 0 Å². The average molecular weight is 523 g/mol. The minimum atomic E-state index is -0.157. The molecule has 1 aliphatic heterocycles. The van der Waals surface area contributed by atoms with Crippen molar-refractivity contribution in [2.45, 2.75) is 12.1 Å². The number of amides is 2. The number of piperazine rings is 1. The number of benzene rings is 1. The van der Waals surface area contributed by atoms with Crippen LogP contribution in [0.1, 0.15) is 16.1 Å². The molecule has 0 bridgehead atoms. The van der Waals surface area contributed by atoms with Crippen LogP contribution in [0, 0.1) is 6.92 Å². The Morgan fingerprint density at radius 2 is 1.75 bits per heavy atom. The van der Waals surface area contributed by atoms with Crippen molar-refractivity contribution in [3.8, 4) is 17.1 Å². The number of hydrogen-bond acceptors (Lipinski definition) is 7. The summed E-state index contributed by atoms with van der Waals surface area (Å²) < 4.78 is 7.13. The van der Waals surface area contributed by atoms with Gasteiger partial charge in [0.25, 0.3) is 5.91 Å². The highest BCUT2D eigenvalue weighted by molar-refractivity contribution is 7.99. The standard InChI is InChI=1S/C25H23ClN6O3S/c1-17-19(26)4-2-5-20(17)32-23(18-7-9-27-10-8-18)28-29-25(32)36-16-22(33)30-11-13-31(14-12-30)24(34)21-6-3-15-35-21/h2-10,15H,11-14,16H2,1H3. The van der Waals surface area contributed by atoms with Gasteiger partial charge in [-0.15, -0.1) is 10.2 Å². The molecule has 4 aromatic rings. The fourth-order valence-corrected chi connectivity index (χ4v) is 5.06. The molecule has 0 N–H and O–H groups in total. The third-order valence-corrected chi connectivity index (χ3v) is 7.35. The summed E-state index contributed by atoms with van der Waals surface area (Å²) in [5.74, 6) is 0.969. The zero-order valence-corrected chi connectivity index (χ0v) is 21.1. The molecule has 3 aromatic heterocycles. The lowest BCUT2D eigenvalue weighted by Gasteiger charge is -2.34. The van der Waals surface area contributed by atoms with E-state index in [0.717, 1.165) is 16.8 Å². The van der Waals surface area contributed by atoms with Crippen LogP contribution in [0.15, 0.2) is 70.7 Å². The van der Waals surface area contributed by atoms with Crippen LogP contribution < -0.4 is 0 Å². The van der Waals surface area contributed by atoms with Gasteiger partial charge in [0.1, 0.15) is 0 Å². The van der Waals surface area contributed by atoms with Crippen LogP contribution in [0.25, 0.3) is 17.1 Å². The van der Waals surface area contributed by atoms with Gasteiger partial charge in [-0.2, -0.15) is 0 Å². The Bertz CT molecular complexity index is 1370. The van der Waals surface area contributed by atoms with E-state index < -0.39 is 0 Å². The smallest absolute Gasteiger partial charge is 0.289 e. The highest BCUT2D eigenvalue weighted by atomic mass is 35.5. The summed E-state index contributed by atoms with van der Waals surface area (Å²) in [5, 5.41) is 10.0. The summed E-state index contributed by atoms with van der Waals surface area (Å²) in [6, 6.07) is 12.7. The zero-order chi connectivity index (χ0) is 25.1. The summed E-state index contributed by atoms with van der Waals surface area (Å²) in [6.07, 6.45) is 4.88. The molecule has 0 spiro atoms. The normalized spacial score (nSPS) is 13.7. The van der Waals surface area contributed by atoms with Gasteiger partial charge in [-0.1, -0.05) is 29.4 Å². The van der Waals surface area contributed by atoms with Crippen LogP contribution >= 0.6 is 23.4 Å². The van der Waals surface area contributed by atoms with E-state index in [0.29, 0.717) is 47.9 Å². The lowest BCUT2D eigenvalue weighted by Crippen LogP contribution is -2.51. The first-order chi connectivity index (χ1) is 17.5. The number of aromatic nitrogens is 4. The molecule has 2 amide bonds. The number of nitrogens with zero attached hydrogens (tertiary/aromatic N) is 6. The Morgan fingerprint density at radius 3 is 2.47 bits per heavy atom. The third-order valence-electron chi connectivity index (χ3n) is 6.03. The van der Waals surface area contributed by atoms with Crippen molar-refractivity contribution in [2.75, 3.05) is 31.9 Å². The van der Waals surface area contributed by atoms with Gasteiger partial charge < -0.3 is 14.2 Å². The lowest BCUT2D eigenvalue weighted by atomic mass is 10.2. The highest BCUT2D eigenvalue weighted by Crippen LogP contribution is 2.31. The van der Waals surface area contributed by atoms with Gasteiger partial charge in [-0.3, -0.25) is 19.1 Å². The van der Waals surface area contributed by atoms with Crippen LogP contribution in [-0.2, 0) is 4.79 Å². The lowest BCUT2D eigenvalue weighted by molar-refractivity contribution is -0.129. The molecule has 0 saturated carbocycles. The SMILES string of the molecule is Cc1c(Cl)cccc1-n1c(SCC(=O)N2CCN(C(=O)c3ccco3)CC2)nnc1-c1ccncc1. The van der Waals surface area contributed by atoms with Crippen LogP contribution in [-0.4, -0.2) is 73.3 Å². The summed E-state index contributed by atoms with van der Waals surface area (Å²) >= 11 is 7.73. The second-order valence-electron chi connectivity index (χ2n) is 8.20. The molecule has 1 saturated heterocycles. The van der Waals surface area contributed by atoms with Crippen LogP contribution in [0.4, 0.5) is 0 Å². The molecule has 36 heavy (non-hydrogen) atoms. The van der Waals surface area contributed by atoms with Crippen molar-refractivity contribution < 1.29 is 14.0 Å². The molecule has 0 atom stereocenters. The third kappa shape index (κ3) is 4.87. The van der Waals surface area contributed by atoms with E-state index in [-0.39, 0.29) is 17.6 Å². The number of thioether (sulfide) groups is 1. The predicted molar refractivity (Wildman–Crippen MR) is 136 cm³/mol. The van der Waals surface area contributed by atoms with Gasteiger partial charge >= 0.3 is 0 Å². The predicted octanol–water partition coefficient (Wildman–Crippen LogP) is 3.96. The number of hydrogen-bond donors (Lipinski definition) is 0. The Kier molecular flexibility index (Phi) is 7.06. The first-order valence-electron chi connectivity index (χ1n) is 11.4. The van der Waals surface area contributed by atoms with Gasteiger partial charge in [0.2, 0.25) is 5.91 Å². The van der Waals surface area contributed by atoms with Crippen LogP contribution in [0.5, 0.6) is 0 Å². The molecule has 4 heterocycles. The molecular weight excluding hydrogens is 500 g/mol. The Morgan fingerprint density at radius 1 is 1.00 bits per heavy atom. The number of rotatable bonds is 6. The summed E-state index contributed by atoms with van der Waals surface area (Å²) in [6.45, 7) is 3.79. The quantitative estimate of drug-likeness (QED) is 0.353. The minimum absolute atomic E-state index is 0.0204. The molecule has 1 aromatic carbocycles. The van der Waals surface area contributed by atoms with Gasteiger partial charge in [-0.25, -0.2) is 0 Å². The van der Waals surface area contributed by atoms with Crippen molar-refractivity contribution >= 4 is 35.2 Å². The molecular formula is C25H23ClN6O3S. The monoisotopic (exact) mass is 522 g/mol. The molecule has 1 fully saturated rings. The van der Waals surface area contributed by atoms with Gasteiger partial charge in [-0.05, 0) is 48.9 Å². The van der Waals surface area contributed by atoms with Crippen molar-refractivity contribution in [3.63, 3.8) is 0 Å². The van der Waals surface area contributed by atoms with E-state index in [1.807, 2.05) is 41.8 Å². The number of furan rings is 1. The first kappa shape index (κ1) is 24.1. The zero-order valence-electron chi connectivity index (χ0n) is 19.5. The molecule has 0 aliphatic carbocycles. The fourth-order valence-electron chi connectivity index (χ4n) is 4.04. The largest absolute Gasteiger partial charge is 0.459 e. The topological polar surface area (TPSA) is 97.4 Å². The summed E-state index contributed by atoms with van der Waals surface area (Å²) in [5.41, 5.74) is 2.59. The maximum atomic E-state index is 13.0. The van der Waals surface area contributed by atoms with Crippen molar-refractivity contribution in [1.29, 1.82) is 0 Å². The molecule has 5 rings (SSSR count). The Hall–Kier alpha value is -3.63. The summed E-state index contributed by atoms with van der Waals surface area (Å²) in [4.78, 5) is 33.1. The number of pyridine rings is 1. The van der Waals surface area contributed by atoms with Crippen LogP contribution in [0.2, 0.25) is 5.02 Å².